The number of anilines is 1. The highest BCUT2D eigenvalue weighted by Gasteiger charge is 2.33. The summed E-state index contributed by atoms with van der Waals surface area (Å²) in [4.78, 5) is 25.8. The van der Waals surface area contributed by atoms with Crippen LogP contribution in [0, 0.1) is 12.8 Å². The van der Waals surface area contributed by atoms with Gasteiger partial charge in [0.15, 0.2) is 0 Å². The topological polar surface area (TPSA) is 58.6 Å². The van der Waals surface area contributed by atoms with E-state index in [9.17, 15) is 9.59 Å². The molecular weight excluding hydrogens is 316 g/mol. The second-order valence-electron chi connectivity index (χ2n) is 6.27. The summed E-state index contributed by atoms with van der Waals surface area (Å²) in [5.74, 6) is 1.13. The third-order valence-corrected chi connectivity index (χ3v) is 4.31. The predicted molar refractivity (Wildman–Crippen MR) is 96.7 cm³/mol. The van der Waals surface area contributed by atoms with Gasteiger partial charge in [0.25, 0.3) is 0 Å². The Balaban J connectivity index is 1.59. The third-order valence-electron chi connectivity index (χ3n) is 4.31. The number of likely N-dealkylation sites (tertiary alicyclic amines) is 1. The highest BCUT2D eigenvalue weighted by molar-refractivity contribution is 5.97. The molecule has 0 radical (unpaired) electrons. The lowest BCUT2D eigenvalue weighted by Gasteiger charge is -2.14. The maximum atomic E-state index is 12.3. The van der Waals surface area contributed by atoms with E-state index in [0.717, 1.165) is 11.3 Å². The molecule has 0 aromatic heterocycles. The summed E-state index contributed by atoms with van der Waals surface area (Å²) in [6, 6.07) is 15.1. The molecule has 1 aliphatic rings. The molecule has 0 bridgehead atoms. The van der Waals surface area contributed by atoms with Crippen molar-refractivity contribution in [2.24, 2.45) is 5.92 Å². The van der Waals surface area contributed by atoms with Gasteiger partial charge in [-0.25, -0.2) is 0 Å². The van der Waals surface area contributed by atoms with Crippen LogP contribution in [0.5, 0.6) is 11.5 Å². The van der Waals surface area contributed by atoms with Gasteiger partial charge in [-0.1, -0.05) is 12.1 Å². The first-order valence-electron chi connectivity index (χ1n) is 8.48. The molecule has 25 heavy (non-hydrogen) atoms. The number of nitrogens with one attached hydrogen (secondary N) is 1. The summed E-state index contributed by atoms with van der Waals surface area (Å²) in [6.45, 7) is 5.08. The van der Waals surface area contributed by atoms with Crippen molar-refractivity contribution in [3.8, 4) is 11.5 Å². The molecular formula is C20H22N2O3. The highest BCUT2D eigenvalue weighted by Crippen LogP contribution is 2.25. The number of rotatable bonds is 5. The van der Waals surface area contributed by atoms with Gasteiger partial charge >= 0.3 is 0 Å². The molecule has 1 heterocycles. The summed E-state index contributed by atoms with van der Waals surface area (Å²) in [6.07, 6.45) is 0.286. The average Bonchev–Trinajstić information content (AvgIpc) is 2.98. The van der Waals surface area contributed by atoms with Crippen molar-refractivity contribution in [2.45, 2.75) is 20.3 Å². The zero-order chi connectivity index (χ0) is 17.8. The monoisotopic (exact) mass is 338 g/mol. The molecule has 0 saturated carbocycles. The number of amides is 2. The Labute approximate surface area is 147 Å². The smallest absolute Gasteiger partial charge is 0.229 e. The number of nitrogens with zero attached hydrogens (tertiary/aromatic N) is 1. The Morgan fingerprint density at radius 3 is 2.60 bits per heavy atom. The first kappa shape index (κ1) is 17.0. The summed E-state index contributed by atoms with van der Waals surface area (Å²) in [5, 5.41) is 2.88. The molecule has 5 nitrogen and oxygen atoms in total. The van der Waals surface area contributed by atoms with Gasteiger partial charge in [0, 0.05) is 25.2 Å². The molecule has 0 aliphatic carbocycles. The molecule has 1 unspecified atom stereocenters. The van der Waals surface area contributed by atoms with E-state index in [1.165, 1.54) is 0 Å². The zero-order valence-electron chi connectivity index (χ0n) is 14.5. The molecule has 1 fully saturated rings. The predicted octanol–water partition coefficient (Wildman–Crippen LogP) is 3.59. The van der Waals surface area contributed by atoms with Crippen LogP contribution < -0.4 is 10.1 Å². The van der Waals surface area contributed by atoms with Crippen LogP contribution in [-0.2, 0) is 9.59 Å². The SMILES string of the molecule is CCN1CC(C(=O)Nc2ccc(Oc3cccc(C)c3)cc2)CC1=O. The van der Waals surface area contributed by atoms with E-state index in [4.69, 9.17) is 4.74 Å². The Morgan fingerprint density at radius 2 is 1.96 bits per heavy atom. The Hall–Kier alpha value is -2.82. The maximum absolute atomic E-state index is 12.3. The second kappa shape index (κ2) is 7.38. The lowest BCUT2D eigenvalue weighted by molar-refractivity contribution is -0.128. The van der Waals surface area contributed by atoms with Crippen LogP contribution in [0.15, 0.2) is 48.5 Å². The van der Waals surface area contributed by atoms with Crippen LogP contribution in [-0.4, -0.2) is 29.8 Å². The van der Waals surface area contributed by atoms with Crippen LogP contribution in [0.25, 0.3) is 0 Å². The fourth-order valence-corrected chi connectivity index (χ4v) is 2.92. The number of carbonyl (C=O) groups excluding carboxylic acids is 2. The molecule has 1 saturated heterocycles. The summed E-state index contributed by atoms with van der Waals surface area (Å²) in [7, 11) is 0. The van der Waals surface area contributed by atoms with Crippen molar-refractivity contribution in [3.63, 3.8) is 0 Å². The Kier molecular flexibility index (Phi) is 5.03. The minimum atomic E-state index is -0.282. The minimum Gasteiger partial charge on any atom is -0.457 e. The van der Waals surface area contributed by atoms with Gasteiger partial charge in [-0.05, 0) is 55.8 Å². The molecule has 1 aliphatic heterocycles. The number of carbonyl (C=O) groups is 2. The molecule has 3 rings (SSSR count). The summed E-state index contributed by atoms with van der Waals surface area (Å²) >= 11 is 0. The Morgan fingerprint density at radius 1 is 1.20 bits per heavy atom. The standard InChI is InChI=1S/C20H22N2O3/c1-3-22-13-15(12-19(22)23)20(24)21-16-7-9-17(10-8-16)25-18-6-4-5-14(2)11-18/h4-11,15H,3,12-13H2,1-2H3,(H,21,24). The summed E-state index contributed by atoms with van der Waals surface area (Å²) < 4.78 is 5.80. The molecule has 1 atom stereocenters. The molecule has 130 valence electrons. The molecule has 2 aromatic rings. The first-order chi connectivity index (χ1) is 12.0. The maximum Gasteiger partial charge on any atom is 0.229 e. The lowest BCUT2D eigenvalue weighted by Crippen LogP contribution is -2.28. The lowest BCUT2D eigenvalue weighted by atomic mass is 10.1. The Bertz CT molecular complexity index is 771. The van der Waals surface area contributed by atoms with E-state index in [1.807, 2.05) is 50.2 Å². The quantitative estimate of drug-likeness (QED) is 0.906. The number of aryl methyl sites for hydroxylation is 1. The fourth-order valence-electron chi connectivity index (χ4n) is 2.92. The molecule has 5 heteroatoms. The molecule has 0 spiro atoms. The van der Waals surface area contributed by atoms with E-state index in [0.29, 0.717) is 24.5 Å². The normalized spacial score (nSPS) is 16.8. The first-order valence-corrected chi connectivity index (χ1v) is 8.48. The van der Waals surface area contributed by atoms with Gasteiger partial charge in [0.05, 0.1) is 5.92 Å². The summed E-state index contributed by atoms with van der Waals surface area (Å²) in [5.41, 5.74) is 1.83. The second-order valence-corrected chi connectivity index (χ2v) is 6.27. The van der Waals surface area contributed by atoms with E-state index >= 15 is 0 Å². The van der Waals surface area contributed by atoms with Gasteiger partial charge in [-0.3, -0.25) is 9.59 Å². The molecule has 2 aromatic carbocycles. The van der Waals surface area contributed by atoms with Crippen LogP contribution in [0.3, 0.4) is 0 Å². The van der Waals surface area contributed by atoms with E-state index in [2.05, 4.69) is 5.32 Å². The van der Waals surface area contributed by atoms with Crippen molar-refractivity contribution >= 4 is 17.5 Å². The number of hydrogen-bond donors (Lipinski definition) is 1. The van der Waals surface area contributed by atoms with Crippen molar-refractivity contribution in [2.75, 3.05) is 18.4 Å². The largest absolute Gasteiger partial charge is 0.457 e. The third kappa shape index (κ3) is 4.18. The van der Waals surface area contributed by atoms with Crippen LogP contribution in [0.4, 0.5) is 5.69 Å². The minimum absolute atomic E-state index is 0.0459. The van der Waals surface area contributed by atoms with Crippen LogP contribution in [0.1, 0.15) is 18.9 Å². The van der Waals surface area contributed by atoms with Crippen molar-refractivity contribution in [1.29, 1.82) is 0 Å². The fraction of sp³-hybridized carbons (Fsp3) is 0.300. The van der Waals surface area contributed by atoms with Crippen molar-refractivity contribution in [3.05, 3.63) is 54.1 Å². The van der Waals surface area contributed by atoms with Gasteiger partial charge in [0.1, 0.15) is 11.5 Å². The van der Waals surface area contributed by atoms with Gasteiger partial charge < -0.3 is 15.0 Å². The highest BCUT2D eigenvalue weighted by atomic mass is 16.5. The average molecular weight is 338 g/mol. The molecule has 2 amide bonds. The van der Waals surface area contributed by atoms with E-state index in [1.54, 1.807) is 17.0 Å². The van der Waals surface area contributed by atoms with Crippen molar-refractivity contribution in [1.82, 2.24) is 4.90 Å². The van der Waals surface area contributed by atoms with E-state index < -0.39 is 0 Å². The van der Waals surface area contributed by atoms with Gasteiger partial charge in [-0.15, -0.1) is 0 Å². The number of hydrogen-bond acceptors (Lipinski definition) is 3. The van der Waals surface area contributed by atoms with Gasteiger partial charge in [-0.2, -0.15) is 0 Å². The van der Waals surface area contributed by atoms with Gasteiger partial charge in [0.2, 0.25) is 11.8 Å². The zero-order valence-corrected chi connectivity index (χ0v) is 14.5. The number of ether oxygens (including phenoxy) is 1. The van der Waals surface area contributed by atoms with Crippen molar-refractivity contribution < 1.29 is 14.3 Å². The molecule has 1 N–H and O–H groups in total. The number of benzene rings is 2. The van der Waals surface area contributed by atoms with E-state index in [-0.39, 0.29) is 24.2 Å². The van der Waals surface area contributed by atoms with Crippen LogP contribution >= 0.6 is 0 Å². The van der Waals surface area contributed by atoms with Crippen LogP contribution in [0.2, 0.25) is 0 Å².